The van der Waals surface area contributed by atoms with E-state index in [2.05, 4.69) is 5.32 Å². The van der Waals surface area contributed by atoms with Gasteiger partial charge in [-0.25, -0.2) is 0 Å². The van der Waals surface area contributed by atoms with Crippen molar-refractivity contribution in [3.8, 4) is 11.5 Å². The van der Waals surface area contributed by atoms with E-state index in [9.17, 15) is 4.79 Å². The molecule has 27 heavy (non-hydrogen) atoms. The van der Waals surface area contributed by atoms with Crippen molar-refractivity contribution in [2.45, 2.75) is 6.17 Å². The van der Waals surface area contributed by atoms with Gasteiger partial charge in [0.1, 0.15) is 6.17 Å². The Balaban J connectivity index is 1.64. The standard InChI is InChI=1S/C21H15ClN2O3/c22-14-6-8-15(9-7-14)24-20(13-5-10-18-19(11-13)27-12-26-18)23-17-4-2-1-3-16(17)21(24)25/h1-11,20,23H,12H2/t20-/m0/s1. The number of para-hydroxylation sites is 1. The Bertz CT molecular complexity index is 1040. The van der Waals surface area contributed by atoms with E-state index < -0.39 is 0 Å². The molecule has 0 aliphatic carbocycles. The fraction of sp³-hybridized carbons (Fsp3) is 0.0952. The third kappa shape index (κ3) is 2.67. The number of carbonyl (C=O) groups excluding carboxylic acids is 1. The van der Waals surface area contributed by atoms with E-state index in [1.165, 1.54) is 0 Å². The predicted octanol–water partition coefficient (Wildman–Crippen LogP) is 4.84. The van der Waals surface area contributed by atoms with Crippen molar-refractivity contribution in [2.75, 3.05) is 17.0 Å². The molecule has 2 heterocycles. The zero-order chi connectivity index (χ0) is 18.4. The summed E-state index contributed by atoms with van der Waals surface area (Å²) in [4.78, 5) is 15.0. The summed E-state index contributed by atoms with van der Waals surface area (Å²) in [5.74, 6) is 1.31. The number of carbonyl (C=O) groups is 1. The monoisotopic (exact) mass is 378 g/mol. The summed E-state index contributed by atoms with van der Waals surface area (Å²) in [6.07, 6.45) is -0.386. The molecule has 0 saturated heterocycles. The molecule has 0 aromatic heterocycles. The number of fused-ring (bicyclic) bond motifs is 2. The third-order valence-electron chi connectivity index (χ3n) is 4.74. The highest BCUT2D eigenvalue weighted by Gasteiger charge is 2.34. The van der Waals surface area contributed by atoms with Gasteiger partial charge in [-0.1, -0.05) is 29.8 Å². The normalized spacial score (nSPS) is 17.4. The van der Waals surface area contributed by atoms with Gasteiger partial charge in [-0.2, -0.15) is 0 Å². The zero-order valence-electron chi connectivity index (χ0n) is 14.2. The molecule has 3 aromatic carbocycles. The highest BCUT2D eigenvalue weighted by molar-refractivity contribution is 6.30. The molecule has 3 aromatic rings. The molecular weight excluding hydrogens is 364 g/mol. The number of amides is 1. The molecule has 134 valence electrons. The number of nitrogens with one attached hydrogen (secondary N) is 1. The molecular formula is C21H15ClN2O3. The number of hydrogen-bond acceptors (Lipinski definition) is 4. The molecule has 0 spiro atoms. The van der Waals surface area contributed by atoms with Crippen LogP contribution in [0, 0.1) is 0 Å². The van der Waals surface area contributed by atoms with Gasteiger partial charge in [0, 0.05) is 16.4 Å². The van der Waals surface area contributed by atoms with Gasteiger partial charge in [-0.3, -0.25) is 9.69 Å². The van der Waals surface area contributed by atoms with E-state index in [0.717, 1.165) is 16.9 Å². The molecule has 0 saturated carbocycles. The predicted molar refractivity (Wildman–Crippen MR) is 104 cm³/mol. The highest BCUT2D eigenvalue weighted by atomic mass is 35.5. The molecule has 2 aliphatic heterocycles. The molecule has 5 rings (SSSR count). The topological polar surface area (TPSA) is 50.8 Å². The van der Waals surface area contributed by atoms with Gasteiger partial charge in [0.15, 0.2) is 11.5 Å². The van der Waals surface area contributed by atoms with Crippen LogP contribution in [-0.4, -0.2) is 12.7 Å². The van der Waals surface area contributed by atoms with Gasteiger partial charge < -0.3 is 14.8 Å². The van der Waals surface area contributed by atoms with E-state index >= 15 is 0 Å². The minimum atomic E-state index is -0.386. The molecule has 6 heteroatoms. The Morgan fingerprint density at radius 2 is 1.74 bits per heavy atom. The van der Waals surface area contributed by atoms with Crippen LogP contribution in [0.5, 0.6) is 11.5 Å². The van der Waals surface area contributed by atoms with Crippen molar-refractivity contribution in [2.24, 2.45) is 0 Å². The van der Waals surface area contributed by atoms with Crippen LogP contribution in [0.25, 0.3) is 0 Å². The molecule has 2 aliphatic rings. The summed E-state index contributed by atoms with van der Waals surface area (Å²) in [6.45, 7) is 0.208. The average Bonchev–Trinajstić information content (AvgIpc) is 3.17. The van der Waals surface area contributed by atoms with Crippen molar-refractivity contribution in [1.29, 1.82) is 0 Å². The molecule has 0 unspecified atom stereocenters. The SMILES string of the molecule is O=C1c2ccccc2N[C@H](c2ccc3c(c2)OCO3)N1c1ccc(Cl)cc1. The van der Waals surface area contributed by atoms with E-state index in [1.54, 1.807) is 17.0 Å². The Hall–Kier alpha value is -3.18. The van der Waals surface area contributed by atoms with E-state index in [1.807, 2.05) is 54.6 Å². The highest BCUT2D eigenvalue weighted by Crippen LogP contribution is 2.40. The van der Waals surface area contributed by atoms with Gasteiger partial charge in [0.25, 0.3) is 5.91 Å². The number of ether oxygens (including phenoxy) is 2. The van der Waals surface area contributed by atoms with Crippen LogP contribution in [0.3, 0.4) is 0 Å². The Kier molecular flexibility index (Phi) is 3.69. The molecule has 1 atom stereocenters. The summed E-state index contributed by atoms with van der Waals surface area (Å²) in [5.41, 5.74) is 3.09. The zero-order valence-corrected chi connectivity index (χ0v) is 14.9. The maximum atomic E-state index is 13.3. The number of benzene rings is 3. The van der Waals surface area contributed by atoms with Crippen LogP contribution < -0.4 is 19.7 Å². The second-order valence-electron chi connectivity index (χ2n) is 6.36. The summed E-state index contributed by atoms with van der Waals surface area (Å²) >= 11 is 6.04. The van der Waals surface area contributed by atoms with Crippen LogP contribution >= 0.6 is 11.6 Å². The Labute approximate surface area is 161 Å². The van der Waals surface area contributed by atoms with Crippen LogP contribution in [0.4, 0.5) is 11.4 Å². The number of nitrogens with zero attached hydrogens (tertiary/aromatic N) is 1. The van der Waals surface area contributed by atoms with E-state index in [-0.39, 0.29) is 18.9 Å². The lowest BCUT2D eigenvalue weighted by Crippen LogP contribution is -2.43. The fourth-order valence-electron chi connectivity index (χ4n) is 3.44. The van der Waals surface area contributed by atoms with Gasteiger partial charge >= 0.3 is 0 Å². The van der Waals surface area contributed by atoms with E-state index in [4.69, 9.17) is 21.1 Å². The molecule has 0 radical (unpaired) electrons. The maximum Gasteiger partial charge on any atom is 0.262 e. The molecule has 1 amide bonds. The van der Waals surface area contributed by atoms with Gasteiger partial charge in [-0.05, 0) is 54.1 Å². The number of anilines is 2. The minimum absolute atomic E-state index is 0.0747. The van der Waals surface area contributed by atoms with Crippen molar-refractivity contribution in [3.63, 3.8) is 0 Å². The lowest BCUT2D eigenvalue weighted by Gasteiger charge is -2.38. The lowest BCUT2D eigenvalue weighted by atomic mass is 10.0. The van der Waals surface area contributed by atoms with Gasteiger partial charge in [0.2, 0.25) is 6.79 Å². The second-order valence-corrected chi connectivity index (χ2v) is 6.79. The number of hydrogen-bond donors (Lipinski definition) is 1. The van der Waals surface area contributed by atoms with Crippen LogP contribution in [-0.2, 0) is 0 Å². The molecule has 1 N–H and O–H groups in total. The molecule has 0 fully saturated rings. The minimum Gasteiger partial charge on any atom is -0.454 e. The first kappa shape index (κ1) is 16.0. The van der Waals surface area contributed by atoms with E-state index in [0.29, 0.717) is 22.1 Å². The molecule has 5 nitrogen and oxygen atoms in total. The van der Waals surface area contributed by atoms with Crippen molar-refractivity contribution in [3.05, 3.63) is 82.9 Å². The largest absolute Gasteiger partial charge is 0.454 e. The fourth-order valence-corrected chi connectivity index (χ4v) is 3.56. The first-order valence-electron chi connectivity index (χ1n) is 8.55. The van der Waals surface area contributed by atoms with Crippen LogP contribution in [0.1, 0.15) is 22.1 Å². The van der Waals surface area contributed by atoms with Crippen molar-refractivity contribution in [1.82, 2.24) is 0 Å². The Morgan fingerprint density at radius 1 is 0.963 bits per heavy atom. The lowest BCUT2D eigenvalue weighted by molar-refractivity contribution is 0.0975. The van der Waals surface area contributed by atoms with Crippen LogP contribution in [0.2, 0.25) is 5.02 Å². The van der Waals surface area contributed by atoms with Crippen molar-refractivity contribution < 1.29 is 14.3 Å². The van der Waals surface area contributed by atoms with Crippen molar-refractivity contribution >= 4 is 28.9 Å². The number of rotatable bonds is 2. The molecule has 0 bridgehead atoms. The first-order chi connectivity index (χ1) is 13.2. The maximum absolute atomic E-state index is 13.3. The van der Waals surface area contributed by atoms with Crippen LogP contribution in [0.15, 0.2) is 66.7 Å². The summed E-state index contributed by atoms with van der Waals surface area (Å²) in [7, 11) is 0. The average molecular weight is 379 g/mol. The van der Waals surface area contributed by atoms with Gasteiger partial charge in [-0.15, -0.1) is 0 Å². The smallest absolute Gasteiger partial charge is 0.262 e. The second kappa shape index (κ2) is 6.21. The third-order valence-corrected chi connectivity index (χ3v) is 5.00. The number of halogens is 1. The van der Waals surface area contributed by atoms with Gasteiger partial charge in [0.05, 0.1) is 5.56 Å². The summed E-state index contributed by atoms with van der Waals surface area (Å²) in [6, 6.07) is 20.5. The first-order valence-corrected chi connectivity index (χ1v) is 8.93. The quantitative estimate of drug-likeness (QED) is 0.693. The summed E-state index contributed by atoms with van der Waals surface area (Å²) < 4.78 is 10.9. The Morgan fingerprint density at radius 3 is 2.59 bits per heavy atom. The summed E-state index contributed by atoms with van der Waals surface area (Å²) in [5, 5.41) is 4.10.